The minimum Gasteiger partial charge on any atom is -0.304 e. The Hall–Kier alpha value is -2.57. The molecule has 29 heavy (non-hydrogen) atoms. The monoisotopic (exact) mass is 394 g/mol. The number of aryl methyl sites for hydroxylation is 1. The lowest BCUT2D eigenvalue weighted by Gasteiger charge is -2.33. The third-order valence-electron chi connectivity index (χ3n) is 5.74. The highest BCUT2D eigenvalue weighted by atomic mass is 19.1. The number of hydrogen-bond donors (Lipinski definition) is 0. The van der Waals surface area contributed by atoms with Crippen molar-refractivity contribution in [1.29, 1.82) is 0 Å². The summed E-state index contributed by atoms with van der Waals surface area (Å²) in [6.07, 6.45) is 0.513. The number of halogens is 1. The smallest absolute Gasteiger partial charge is 0.257 e. The van der Waals surface area contributed by atoms with Crippen molar-refractivity contribution in [1.82, 2.24) is 14.8 Å². The Labute approximate surface area is 171 Å². The highest BCUT2D eigenvalue weighted by Gasteiger charge is 2.35. The molecule has 1 saturated heterocycles. The lowest BCUT2D eigenvalue weighted by molar-refractivity contribution is -0.134. The zero-order valence-corrected chi connectivity index (χ0v) is 17.0. The van der Waals surface area contributed by atoms with Crippen LogP contribution in [0.1, 0.15) is 29.2 Å². The molecule has 0 aromatic heterocycles. The van der Waals surface area contributed by atoms with Gasteiger partial charge < -0.3 is 4.90 Å². The first-order valence-electron chi connectivity index (χ1n) is 10.1. The standard InChI is InChI=1S/C23H27FN4O/c1-17-6-5-7-18(14-17)21-15-22(19-8-3-4-9-20(19)24)28(25-21)23(29)16-27-12-10-26(2)11-13-27/h3-9,14,22H,10-13,15-16H2,1-2H3/t22-/m0/s1. The number of hydrogen-bond acceptors (Lipinski definition) is 4. The van der Waals surface area contributed by atoms with Crippen LogP contribution in [-0.4, -0.2) is 66.2 Å². The molecule has 0 aliphatic carbocycles. The normalized spacial score (nSPS) is 20.7. The molecule has 5 nitrogen and oxygen atoms in total. The summed E-state index contributed by atoms with van der Waals surface area (Å²) in [6, 6.07) is 14.4. The minimum absolute atomic E-state index is 0.0783. The molecule has 152 valence electrons. The second-order valence-electron chi connectivity index (χ2n) is 7.98. The fourth-order valence-electron chi connectivity index (χ4n) is 4.00. The van der Waals surface area contributed by atoms with Gasteiger partial charge in [0.2, 0.25) is 0 Å². The van der Waals surface area contributed by atoms with E-state index in [2.05, 4.69) is 28.0 Å². The van der Waals surface area contributed by atoms with E-state index in [1.54, 1.807) is 12.1 Å². The van der Waals surface area contributed by atoms with Gasteiger partial charge in [0.25, 0.3) is 5.91 Å². The van der Waals surface area contributed by atoms with E-state index in [1.807, 2.05) is 31.2 Å². The number of nitrogens with zero attached hydrogens (tertiary/aromatic N) is 4. The summed E-state index contributed by atoms with van der Waals surface area (Å²) in [5.74, 6) is -0.374. The van der Waals surface area contributed by atoms with Crippen LogP contribution in [0.2, 0.25) is 0 Å². The maximum absolute atomic E-state index is 14.6. The van der Waals surface area contributed by atoms with Crippen LogP contribution in [0.15, 0.2) is 53.6 Å². The predicted octanol–water partition coefficient (Wildman–Crippen LogP) is 3.06. The van der Waals surface area contributed by atoms with Crippen molar-refractivity contribution >= 4 is 11.6 Å². The second kappa shape index (κ2) is 8.43. The fourth-order valence-corrected chi connectivity index (χ4v) is 4.00. The fraction of sp³-hybridized carbons (Fsp3) is 0.391. The summed E-state index contributed by atoms with van der Waals surface area (Å²) < 4.78 is 14.6. The molecule has 0 unspecified atom stereocenters. The first kappa shape index (κ1) is 19.7. The number of carbonyl (C=O) groups is 1. The molecule has 0 spiro atoms. The molecule has 2 aromatic rings. The molecule has 0 saturated carbocycles. The topological polar surface area (TPSA) is 39.2 Å². The minimum atomic E-state index is -0.410. The number of likely N-dealkylation sites (N-methyl/N-ethyl adjacent to an activating group) is 1. The van der Waals surface area contributed by atoms with E-state index in [1.165, 1.54) is 11.1 Å². The lowest BCUT2D eigenvalue weighted by Crippen LogP contribution is -2.48. The summed E-state index contributed by atoms with van der Waals surface area (Å²) in [5.41, 5.74) is 3.47. The second-order valence-corrected chi connectivity index (χ2v) is 7.98. The van der Waals surface area contributed by atoms with Crippen LogP contribution in [0.3, 0.4) is 0 Å². The number of carbonyl (C=O) groups excluding carboxylic acids is 1. The largest absolute Gasteiger partial charge is 0.304 e. The van der Waals surface area contributed by atoms with Crippen molar-refractivity contribution in [2.24, 2.45) is 5.10 Å². The average molecular weight is 394 g/mol. The number of benzene rings is 2. The summed E-state index contributed by atoms with van der Waals surface area (Å²) in [7, 11) is 2.09. The van der Waals surface area contributed by atoms with E-state index in [-0.39, 0.29) is 11.7 Å². The zero-order chi connectivity index (χ0) is 20.4. The van der Waals surface area contributed by atoms with Crippen LogP contribution in [0.25, 0.3) is 0 Å². The molecule has 0 N–H and O–H groups in total. The maximum atomic E-state index is 14.6. The molecule has 0 radical (unpaired) electrons. The third-order valence-corrected chi connectivity index (χ3v) is 5.74. The van der Waals surface area contributed by atoms with Crippen molar-refractivity contribution in [2.75, 3.05) is 39.8 Å². The molecule has 4 rings (SSSR count). The quantitative estimate of drug-likeness (QED) is 0.800. The molecule has 2 aromatic carbocycles. The average Bonchev–Trinajstić information content (AvgIpc) is 3.15. The Balaban J connectivity index is 1.60. The van der Waals surface area contributed by atoms with Gasteiger partial charge in [-0.3, -0.25) is 9.69 Å². The van der Waals surface area contributed by atoms with Gasteiger partial charge in [0, 0.05) is 38.2 Å². The van der Waals surface area contributed by atoms with E-state index in [9.17, 15) is 9.18 Å². The SMILES string of the molecule is Cc1cccc(C2=NN(C(=O)CN3CCN(C)CC3)[C@H](c3ccccc3F)C2)c1. The first-order valence-corrected chi connectivity index (χ1v) is 10.1. The van der Waals surface area contributed by atoms with Gasteiger partial charge in [0.05, 0.1) is 18.3 Å². The summed E-state index contributed by atoms with van der Waals surface area (Å²) in [6.45, 7) is 5.94. The Bertz CT molecular complexity index is 921. The van der Waals surface area contributed by atoms with Gasteiger partial charge in [-0.15, -0.1) is 0 Å². The maximum Gasteiger partial charge on any atom is 0.257 e. The highest BCUT2D eigenvalue weighted by molar-refractivity contribution is 6.03. The van der Waals surface area contributed by atoms with Crippen molar-refractivity contribution in [3.63, 3.8) is 0 Å². The number of hydrazone groups is 1. The summed E-state index contributed by atoms with van der Waals surface area (Å²) >= 11 is 0. The van der Waals surface area contributed by atoms with E-state index in [0.717, 1.165) is 43.0 Å². The van der Waals surface area contributed by atoms with E-state index < -0.39 is 6.04 Å². The Morgan fingerprint density at radius 3 is 2.59 bits per heavy atom. The number of piperazine rings is 1. The lowest BCUT2D eigenvalue weighted by atomic mass is 9.97. The Morgan fingerprint density at radius 2 is 1.86 bits per heavy atom. The van der Waals surface area contributed by atoms with E-state index in [4.69, 9.17) is 0 Å². The van der Waals surface area contributed by atoms with Gasteiger partial charge in [-0.05, 0) is 25.6 Å². The molecule has 2 aliphatic heterocycles. The van der Waals surface area contributed by atoms with E-state index >= 15 is 0 Å². The van der Waals surface area contributed by atoms with Gasteiger partial charge in [-0.25, -0.2) is 9.40 Å². The van der Waals surface area contributed by atoms with Gasteiger partial charge >= 0.3 is 0 Å². The molecule has 0 bridgehead atoms. The molecule has 2 heterocycles. The third kappa shape index (κ3) is 4.38. The molecule has 6 heteroatoms. The van der Waals surface area contributed by atoms with Crippen molar-refractivity contribution < 1.29 is 9.18 Å². The van der Waals surface area contributed by atoms with Crippen LogP contribution in [-0.2, 0) is 4.79 Å². The van der Waals surface area contributed by atoms with Gasteiger partial charge in [-0.2, -0.15) is 5.10 Å². The van der Waals surface area contributed by atoms with Crippen LogP contribution >= 0.6 is 0 Å². The van der Waals surface area contributed by atoms with Gasteiger partial charge in [0.15, 0.2) is 0 Å². The predicted molar refractivity (Wildman–Crippen MR) is 112 cm³/mol. The Morgan fingerprint density at radius 1 is 1.10 bits per heavy atom. The van der Waals surface area contributed by atoms with Crippen LogP contribution in [0, 0.1) is 12.7 Å². The number of amides is 1. The van der Waals surface area contributed by atoms with Crippen molar-refractivity contribution in [3.8, 4) is 0 Å². The highest BCUT2D eigenvalue weighted by Crippen LogP contribution is 2.34. The molecular formula is C23H27FN4O. The summed E-state index contributed by atoms with van der Waals surface area (Å²) in [5, 5.41) is 6.18. The molecule has 1 amide bonds. The van der Waals surface area contributed by atoms with Crippen molar-refractivity contribution in [2.45, 2.75) is 19.4 Å². The molecule has 1 fully saturated rings. The number of rotatable bonds is 4. The zero-order valence-electron chi connectivity index (χ0n) is 17.0. The Kier molecular flexibility index (Phi) is 5.74. The van der Waals surface area contributed by atoms with E-state index in [0.29, 0.717) is 18.5 Å². The van der Waals surface area contributed by atoms with Gasteiger partial charge in [-0.1, -0.05) is 48.0 Å². The summed E-state index contributed by atoms with van der Waals surface area (Å²) in [4.78, 5) is 17.6. The van der Waals surface area contributed by atoms with Crippen LogP contribution in [0.4, 0.5) is 4.39 Å². The van der Waals surface area contributed by atoms with Crippen LogP contribution < -0.4 is 0 Å². The molecule has 1 atom stereocenters. The van der Waals surface area contributed by atoms with Crippen molar-refractivity contribution in [3.05, 3.63) is 71.0 Å². The first-order chi connectivity index (χ1) is 14.0. The molecule has 2 aliphatic rings. The van der Waals surface area contributed by atoms with Crippen LogP contribution in [0.5, 0.6) is 0 Å². The molecular weight excluding hydrogens is 367 g/mol. The van der Waals surface area contributed by atoms with Gasteiger partial charge in [0.1, 0.15) is 5.82 Å².